The number of aromatic nitrogens is 1. The van der Waals surface area contributed by atoms with Gasteiger partial charge in [0.15, 0.2) is 5.13 Å². The summed E-state index contributed by atoms with van der Waals surface area (Å²) in [6, 6.07) is 12.4. The number of thiophene rings is 1. The van der Waals surface area contributed by atoms with Crippen molar-refractivity contribution in [2.75, 3.05) is 18.4 Å². The van der Waals surface area contributed by atoms with Crippen molar-refractivity contribution in [3.63, 3.8) is 0 Å². The van der Waals surface area contributed by atoms with Crippen LogP contribution >= 0.6 is 22.7 Å². The Hall–Kier alpha value is -2.07. The van der Waals surface area contributed by atoms with Gasteiger partial charge >= 0.3 is 0 Å². The number of benzene rings is 1. The number of carbonyl (C=O) groups excluding carboxylic acids is 1. The quantitative estimate of drug-likeness (QED) is 0.635. The lowest BCUT2D eigenvalue weighted by molar-refractivity contribution is -0.120. The molecule has 9 heteroatoms. The van der Waals surface area contributed by atoms with Gasteiger partial charge in [0.2, 0.25) is 15.9 Å². The monoisotopic (exact) mass is 447 g/mol. The Morgan fingerprint density at radius 1 is 1.21 bits per heavy atom. The van der Waals surface area contributed by atoms with Crippen molar-refractivity contribution >= 4 is 43.7 Å². The van der Waals surface area contributed by atoms with Gasteiger partial charge in [0.05, 0.1) is 21.4 Å². The number of carbonyl (C=O) groups is 1. The second-order valence-electron chi connectivity index (χ2n) is 6.95. The first-order chi connectivity index (χ1) is 13.9. The lowest BCUT2D eigenvalue weighted by Crippen LogP contribution is -2.43. The summed E-state index contributed by atoms with van der Waals surface area (Å²) in [5.74, 6) is -0.570. The van der Waals surface area contributed by atoms with Crippen molar-refractivity contribution in [1.29, 1.82) is 0 Å². The van der Waals surface area contributed by atoms with E-state index in [-0.39, 0.29) is 17.3 Å². The van der Waals surface area contributed by atoms with Gasteiger partial charge in [-0.1, -0.05) is 18.2 Å². The predicted octanol–water partition coefficient (Wildman–Crippen LogP) is 4.22. The molecule has 1 fully saturated rings. The molecule has 0 spiro atoms. The third-order valence-corrected chi connectivity index (χ3v) is 8.52. The highest BCUT2D eigenvalue weighted by molar-refractivity contribution is 7.89. The van der Waals surface area contributed by atoms with Crippen LogP contribution in [0, 0.1) is 12.8 Å². The Labute approximate surface area is 178 Å². The predicted molar refractivity (Wildman–Crippen MR) is 117 cm³/mol. The van der Waals surface area contributed by atoms with Gasteiger partial charge in [0.1, 0.15) is 0 Å². The lowest BCUT2D eigenvalue weighted by Gasteiger charge is -2.31. The molecular formula is C20H21N3O3S3. The highest BCUT2D eigenvalue weighted by Crippen LogP contribution is 2.31. The highest BCUT2D eigenvalue weighted by atomic mass is 32.2. The van der Waals surface area contributed by atoms with E-state index >= 15 is 0 Å². The summed E-state index contributed by atoms with van der Waals surface area (Å²) in [7, 11) is -3.59. The summed E-state index contributed by atoms with van der Waals surface area (Å²) >= 11 is 3.04. The number of aryl methyl sites for hydroxylation is 1. The van der Waals surface area contributed by atoms with Gasteiger partial charge in [-0.2, -0.15) is 4.31 Å². The van der Waals surface area contributed by atoms with E-state index in [1.165, 1.54) is 20.5 Å². The second kappa shape index (κ2) is 8.35. The van der Waals surface area contributed by atoms with Gasteiger partial charge < -0.3 is 5.32 Å². The number of thiazole rings is 1. The number of piperidine rings is 1. The summed E-state index contributed by atoms with van der Waals surface area (Å²) in [5.41, 5.74) is 0.848. The third kappa shape index (κ3) is 4.42. The molecule has 3 aromatic rings. The summed E-state index contributed by atoms with van der Waals surface area (Å²) in [6.07, 6.45) is 1.32. The number of hydrogen-bond donors (Lipinski definition) is 1. The zero-order valence-electron chi connectivity index (χ0n) is 15.9. The molecule has 1 aromatic carbocycles. The summed E-state index contributed by atoms with van der Waals surface area (Å²) in [5, 5.41) is 5.34. The average molecular weight is 448 g/mol. The van der Waals surface area contributed by atoms with E-state index in [1.54, 1.807) is 41.7 Å². The number of rotatable bonds is 5. The smallest absolute Gasteiger partial charge is 0.243 e. The third-order valence-electron chi connectivity index (χ3n) is 4.86. The Kier molecular flexibility index (Phi) is 5.82. The molecule has 6 nitrogen and oxygen atoms in total. The first-order valence-corrected chi connectivity index (χ1v) is 12.5. The summed E-state index contributed by atoms with van der Waals surface area (Å²) < 4.78 is 27.1. The average Bonchev–Trinajstić information content (AvgIpc) is 3.37. The van der Waals surface area contributed by atoms with Crippen molar-refractivity contribution in [1.82, 2.24) is 9.29 Å². The van der Waals surface area contributed by atoms with Crippen LogP contribution in [0.3, 0.4) is 0 Å². The van der Waals surface area contributed by atoms with Gasteiger partial charge in [-0.05, 0) is 44.0 Å². The van der Waals surface area contributed by atoms with E-state index < -0.39 is 15.9 Å². The van der Waals surface area contributed by atoms with Crippen LogP contribution in [0.25, 0.3) is 10.6 Å². The maximum atomic E-state index is 12.9. The van der Waals surface area contributed by atoms with E-state index in [0.717, 1.165) is 10.6 Å². The maximum Gasteiger partial charge on any atom is 0.243 e. The Balaban J connectivity index is 1.44. The van der Waals surface area contributed by atoms with Crippen LogP contribution < -0.4 is 5.32 Å². The fourth-order valence-corrected chi connectivity index (χ4v) is 6.50. The topological polar surface area (TPSA) is 79.4 Å². The highest BCUT2D eigenvalue weighted by Gasteiger charge is 2.33. The molecule has 3 heterocycles. The van der Waals surface area contributed by atoms with Crippen LogP contribution in [0.5, 0.6) is 0 Å². The molecule has 1 saturated heterocycles. The van der Waals surface area contributed by atoms with E-state index in [0.29, 0.717) is 24.5 Å². The zero-order chi connectivity index (χ0) is 20.4. The van der Waals surface area contributed by atoms with Crippen molar-refractivity contribution < 1.29 is 13.2 Å². The number of nitrogens with one attached hydrogen (secondary N) is 1. The van der Waals surface area contributed by atoms with Gasteiger partial charge in [-0.3, -0.25) is 4.79 Å². The van der Waals surface area contributed by atoms with Crippen LogP contribution in [0.15, 0.2) is 52.7 Å². The molecule has 1 unspecified atom stereocenters. The van der Waals surface area contributed by atoms with Gasteiger partial charge in [0.25, 0.3) is 0 Å². The first-order valence-electron chi connectivity index (χ1n) is 9.32. The van der Waals surface area contributed by atoms with E-state index in [1.807, 2.05) is 24.4 Å². The number of sulfonamides is 1. The lowest BCUT2D eigenvalue weighted by atomic mass is 9.99. The van der Waals surface area contributed by atoms with E-state index in [4.69, 9.17) is 0 Å². The van der Waals surface area contributed by atoms with Gasteiger partial charge in [-0.15, -0.1) is 22.7 Å². The Morgan fingerprint density at radius 3 is 2.72 bits per heavy atom. The van der Waals surface area contributed by atoms with Crippen molar-refractivity contribution in [3.05, 3.63) is 52.7 Å². The molecule has 1 amide bonds. The first kappa shape index (κ1) is 20.2. The summed E-state index contributed by atoms with van der Waals surface area (Å²) in [4.78, 5) is 19.8. The molecular weight excluding hydrogens is 426 g/mol. The maximum absolute atomic E-state index is 12.9. The molecule has 1 aliphatic heterocycles. The molecule has 0 aliphatic carbocycles. The normalized spacial score (nSPS) is 17.9. The van der Waals surface area contributed by atoms with E-state index in [9.17, 15) is 13.2 Å². The summed E-state index contributed by atoms with van der Waals surface area (Å²) in [6.45, 7) is 2.66. The van der Waals surface area contributed by atoms with Crippen LogP contribution in [0.1, 0.15) is 17.7 Å². The van der Waals surface area contributed by atoms with Crippen LogP contribution in [0.4, 0.5) is 5.13 Å². The van der Waals surface area contributed by atoms with Gasteiger partial charge in [-0.25, -0.2) is 13.4 Å². The fraction of sp³-hybridized carbons (Fsp3) is 0.300. The molecule has 1 aliphatic rings. The number of amides is 1. The second-order valence-corrected chi connectivity index (χ2v) is 11.0. The van der Waals surface area contributed by atoms with Crippen LogP contribution in [-0.4, -0.2) is 36.7 Å². The zero-order valence-corrected chi connectivity index (χ0v) is 18.3. The van der Waals surface area contributed by atoms with Crippen molar-refractivity contribution in [2.24, 2.45) is 5.92 Å². The SMILES string of the molecule is Cc1ccc(-c2csc(NC(=O)C3CCCN(S(=O)(=O)c4ccccc4)C3)n2)s1. The minimum Gasteiger partial charge on any atom is -0.302 e. The van der Waals surface area contributed by atoms with E-state index in [2.05, 4.69) is 10.3 Å². The number of hydrogen-bond acceptors (Lipinski definition) is 6. The van der Waals surface area contributed by atoms with Crippen molar-refractivity contribution in [2.45, 2.75) is 24.7 Å². The molecule has 152 valence electrons. The Bertz CT molecular complexity index is 1110. The minimum atomic E-state index is -3.59. The minimum absolute atomic E-state index is 0.179. The number of nitrogens with zero attached hydrogens (tertiary/aromatic N) is 2. The molecule has 2 aromatic heterocycles. The molecule has 0 bridgehead atoms. The Morgan fingerprint density at radius 2 is 2.00 bits per heavy atom. The van der Waals surface area contributed by atoms with Crippen LogP contribution in [0.2, 0.25) is 0 Å². The largest absolute Gasteiger partial charge is 0.302 e. The van der Waals surface area contributed by atoms with Gasteiger partial charge in [0, 0.05) is 23.3 Å². The molecule has 1 atom stereocenters. The molecule has 0 saturated carbocycles. The molecule has 29 heavy (non-hydrogen) atoms. The standard InChI is InChI=1S/C20H21N3O3S3/c1-14-9-10-18(28-14)17-13-27-20(21-17)22-19(24)15-6-5-11-23(12-15)29(25,26)16-7-3-2-4-8-16/h2-4,7-10,13,15H,5-6,11-12H2,1H3,(H,21,22,24). The van der Waals surface area contributed by atoms with Crippen LogP contribution in [-0.2, 0) is 14.8 Å². The molecule has 4 rings (SSSR count). The molecule has 1 N–H and O–H groups in total. The van der Waals surface area contributed by atoms with Crippen molar-refractivity contribution in [3.8, 4) is 10.6 Å². The number of anilines is 1. The molecule has 0 radical (unpaired) electrons. The fourth-order valence-electron chi connectivity index (χ4n) is 3.34.